The number of benzene rings is 3. The number of amides is 2. The van der Waals surface area contributed by atoms with Gasteiger partial charge in [0.25, 0.3) is 0 Å². The standard InChI is InChI=1S/C23H21BrClN3O2/c1-3-26-23(30)28-21-12-15(24)8-11-20(21)27-16-9-10-18(19(25)13-16)22(29)17-7-5-4-6-14(17)2/h4-13,27H,3H2,1-2H3,(H2,26,28,30). The van der Waals surface area contributed by atoms with E-state index in [0.717, 1.165) is 10.0 Å². The van der Waals surface area contributed by atoms with Gasteiger partial charge in [-0.15, -0.1) is 0 Å². The van der Waals surface area contributed by atoms with Crippen molar-refractivity contribution in [3.05, 3.63) is 86.8 Å². The maximum atomic E-state index is 12.9. The molecule has 0 bridgehead atoms. The van der Waals surface area contributed by atoms with Gasteiger partial charge in [0.05, 0.1) is 16.4 Å². The summed E-state index contributed by atoms with van der Waals surface area (Å²) < 4.78 is 0.831. The van der Waals surface area contributed by atoms with Gasteiger partial charge in [-0.1, -0.05) is 51.8 Å². The largest absolute Gasteiger partial charge is 0.354 e. The molecule has 0 heterocycles. The Morgan fingerprint density at radius 3 is 2.43 bits per heavy atom. The fourth-order valence-electron chi connectivity index (χ4n) is 2.96. The van der Waals surface area contributed by atoms with Gasteiger partial charge in [-0.05, 0) is 55.8 Å². The van der Waals surface area contributed by atoms with Crippen molar-refractivity contribution in [1.82, 2.24) is 5.32 Å². The van der Waals surface area contributed by atoms with Crippen LogP contribution in [0.4, 0.5) is 21.9 Å². The summed E-state index contributed by atoms with van der Waals surface area (Å²) >= 11 is 9.85. The highest BCUT2D eigenvalue weighted by Crippen LogP contribution is 2.31. The summed E-state index contributed by atoms with van der Waals surface area (Å²) in [7, 11) is 0. The van der Waals surface area contributed by atoms with E-state index in [1.165, 1.54) is 0 Å². The Kier molecular flexibility index (Phi) is 7.13. The zero-order chi connectivity index (χ0) is 21.7. The summed E-state index contributed by atoms with van der Waals surface area (Å²) in [6.07, 6.45) is 0. The molecule has 0 unspecified atom stereocenters. The predicted molar refractivity (Wildman–Crippen MR) is 126 cm³/mol. The second-order valence-corrected chi connectivity index (χ2v) is 7.96. The summed E-state index contributed by atoms with van der Waals surface area (Å²) in [5.41, 5.74) is 3.96. The molecular weight excluding hydrogens is 466 g/mol. The number of rotatable bonds is 6. The summed E-state index contributed by atoms with van der Waals surface area (Å²) in [5, 5.41) is 9.11. The summed E-state index contributed by atoms with van der Waals surface area (Å²) in [5.74, 6) is -0.119. The average Bonchev–Trinajstić information content (AvgIpc) is 2.70. The molecule has 2 amide bonds. The SMILES string of the molecule is CCNC(=O)Nc1cc(Br)ccc1Nc1ccc(C(=O)c2ccccc2C)c(Cl)c1. The van der Waals surface area contributed by atoms with Crippen LogP contribution in [0.1, 0.15) is 28.4 Å². The van der Waals surface area contributed by atoms with Crippen LogP contribution in [0.3, 0.4) is 0 Å². The van der Waals surface area contributed by atoms with Crippen molar-refractivity contribution in [2.75, 3.05) is 17.2 Å². The molecule has 0 fully saturated rings. The maximum absolute atomic E-state index is 12.9. The van der Waals surface area contributed by atoms with Crippen LogP contribution in [0.5, 0.6) is 0 Å². The number of halogens is 2. The van der Waals surface area contributed by atoms with E-state index in [4.69, 9.17) is 11.6 Å². The molecule has 3 aromatic rings. The van der Waals surface area contributed by atoms with Gasteiger partial charge in [-0.2, -0.15) is 0 Å². The Morgan fingerprint density at radius 2 is 1.73 bits per heavy atom. The Hall–Kier alpha value is -2.83. The second kappa shape index (κ2) is 9.78. The number of hydrogen-bond donors (Lipinski definition) is 3. The molecule has 0 aliphatic heterocycles. The smallest absolute Gasteiger partial charge is 0.319 e. The van der Waals surface area contributed by atoms with Crippen LogP contribution in [0, 0.1) is 6.92 Å². The first kappa shape index (κ1) is 21.9. The molecule has 30 heavy (non-hydrogen) atoms. The lowest BCUT2D eigenvalue weighted by Crippen LogP contribution is -2.28. The van der Waals surface area contributed by atoms with Crippen molar-refractivity contribution in [3.63, 3.8) is 0 Å². The van der Waals surface area contributed by atoms with Gasteiger partial charge < -0.3 is 16.0 Å². The minimum absolute atomic E-state index is 0.119. The Labute approximate surface area is 189 Å². The molecule has 0 aliphatic rings. The van der Waals surface area contributed by atoms with Gasteiger partial charge in [0.2, 0.25) is 0 Å². The molecule has 7 heteroatoms. The van der Waals surface area contributed by atoms with Gasteiger partial charge in [0, 0.05) is 27.8 Å². The molecule has 3 N–H and O–H groups in total. The van der Waals surface area contributed by atoms with E-state index >= 15 is 0 Å². The summed E-state index contributed by atoms with van der Waals surface area (Å²) in [4.78, 5) is 24.8. The lowest BCUT2D eigenvalue weighted by molar-refractivity contribution is 0.103. The molecule has 0 aliphatic carbocycles. The Balaban J connectivity index is 1.85. The second-order valence-electron chi connectivity index (χ2n) is 6.64. The topological polar surface area (TPSA) is 70.2 Å². The molecule has 154 valence electrons. The van der Waals surface area contributed by atoms with Crippen molar-refractivity contribution in [3.8, 4) is 0 Å². The van der Waals surface area contributed by atoms with Crippen LogP contribution >= 0.6 is 27.5 Å². The fourth-order valence-corrected chi connectivity index (χ4v) is 3.59. The highest BCUT2D eigenvalue weighted by molar-refractivity contribution is 9.10. The zero-order valence-electron chi connectivity index (χ0n) is 16.6. The van der Waals surface area contributed by atoms with Crippen molar-refractivity contribution < 1.29 is 9.59 Å². The summed E-state index contributed by atoms with van der Waals surface area (Å²) in [6, 6.07) is 17.8. The van der Waals surface area contributed by atoms with E-state index in [0.29, 0.717) is 39.8 Å². The van der Waals surface area contributed by atoms with E-state index in [2.05, 4.69) is 31.9 Å². The van der Waals surface area contributed by atoms with Crippen molar-refractivity contribution in [2.24, 2.45) is 0 Å². The van der Waals surface area contributed by atoms with Crippen LogP contribution in [0.25, 0.3) is 0 Å². The predicted octanol–water partition coefficient (Wildman–Crippen LogP) is 6.53. The number of hydrogen-bond acceptors (Lipinski definition) is 3. The number of nitrogens with one attached hydrogen (secondary N) is 3. The number of aryl methyl sites for hydroxylation is 1. The molecule has 0 aromatic heterocycles. The molecule has 3 rings (SSSR count). The third-order valence-electron chi connectivity index (χ3n) is 4.45. The first-order chi connectivity index (χ1) is 14.4. The third kappa shape index (κ3) is 5.20. The number of urea groups is 1. The number of carbonyl (C=O) groups is 2. The molecule has 0 saturated heterocycles. The number of ketones is 1. The van der Waals surface area contributed by atoms with E-state index in [1.54, 1.807) is 30.3 Å². The van der Waals surface area contributed by atoms with Gasteiger partial charge in [-0.3, -0.25) is 4.79 Å². The van der Waals surface area contributed by atoms with Gasteiger partial charge >= 0.3 is 6.03 Å². The van der Waals surface area contributed by atoms with Crippen molar-refractivity contribution in [2.45, 2.75) is 13.8 Å². The van der Waals surface area contributed by atoms with Gasteiger partial charge in [0.1, 0.15) is 0 Å². The normalized spacial score (nSPS) is 10.4. The van der Waals surface area contributed by atoms with Crippen molar-refractivity contribution >= 4 is 56.4 Å². The van der Waals surface area contributed by atoms with E-state index in [1.807, 2.05) is 44.2 Å². The van der Waals surface area contributed by atoms with Crippen molar-refractivity contribution in [1.29, 1.82) is 0 Å². The average molecular weight is 487 g/mol. The minimum Gasteiger partial charge on any atom is -0.354 e. The molecule has 0 radical (unpaired) electrons. The molecule has 0 saturated carbocycles. The lowest BCUT2D eigenvalue weighted by Gasteiger charge is -2.15. The lowest BCUT2D eigenvalue weighted by atomic mass is 9.99. The van der Waals surface area contributed by atoms with E-state index < -0.39 is 0 Å². The number of anilines is 3. The zero-order valence-corrected chi connectivity index (χ0v) is 18.9. The molecule has 5 nitrogen and oxygen atoms in total. The molecular formula is C23H21BrClN3O2. The number of carbonyl (C=O) groups excluding carboxylic acids is 2. The van der Waals surface area contributed by atoms with Crippen LogP contribution < -0.4 is 16.0 Å². The molecule has 0 spiro atoms. The van der Waals surface area contributed by atoms with E-state index in [9.17, 15) is 9.59 Å². The van der Waals surface area contributed by atoms with Crippen LogP contribution in [0.2, 0.25) is 5.02 Å². The Morgan fingerprint density at radius 1 is 0.967 bits per heavy atom. The van der Waals surface area contributed by atoms with Crippen LogP contribution in [0.15, 0.2) is 65.1 Å². The summed E-state index contributed by atoms with van der Waals surface area (Å²) in [6.45, 7) is 4.27. The fraction of sp³-hybridized carbons (Fsp3) is 0.130. The van der Waals surface area contributed by atoms with Crippen LogP contribution in [-0.2, 0) is 0 Å². The molecule has 3 aromatic carbocycles. The highest BCUT2D eigenvalue weighted by atomic mass is 79.9. The van der Waals surface area contributed by atoms with Gasteiger partial charge in [0.15, 0.2) is 5.78 Å². The Bertz CT molecular complexity index is 1100. The van der Waals surface area contributed by atoms with Gasteiger partial charge in [-0.25, -0.2) is 4.79 Å². The quantitative estimate of drug-likeness (QED) is 0.347. The highest BCUT2D eigenvalue weighted by Gasteiger charge is 2.15. The first-order valence-corrected chi connectivity index (χ1v) is 10.6. The minimum atomic E-state index is -0.296. The van der Waals surface area contributed by atoms with Crippen LogP contribution in [-0.4, -0.2) is 18.4 Å². The molecule has 0 atom stereocenters. The third-order valence-corrected chi connectivity index (χ3v) is 5.26. The monoisotopic (exact) mass is 485 g/mol. The maximum Gasteiger partial charge on any atom is 0.319 e. The van der Waals surface area contributed by atoms with E-state index in [-0.39, 0.29) is 11.8 Å². The first-order valence-electron chi connectivity index (χ1n) is 9.40.